The Morgan fingerprint density at radius 2 is 2.10 bits per heavy atom. The highest BCUT2D eigenvalue weighted by Crippen LogP contribution is 2.32. The topological polar surface area (TPSA) is 97.9 Å². The van der Waals surface area contributed by atoms with Crippen molar-refractivity contribution in [3.8, 4) is 0 Å². The number of aromatic nitrogens is 1. The fourth-order valence-electron chi connectivity index (χ4n) is 3.91. The SMILES string of the molecule is CC(C)CCNC(=O)/C=N\N1CC(=O)N2Cc3[nH]c4ccccc4c3C[C@@H]2C1=O. The summed E-state index contributed by atoms with van der Waals surface area (Å²) in [6.45, 7) is 4.93. The molecule has 3 heterocycles. The zero-order chi connectivity index (χ0) is 20.5. The Hall–Kier alpha value is -3.16. The van der Waals surface area contributed by atoms with Crippen LogP contribution in [0.4, 0.5) is 0 Å². The molecule has 8 heteroatoms. The van der Waals surface area contributed by atoms with Gasteiger partial charge in [-0.05, 0) is 24.0 Å². The summed E-state index contributed by atoms with van der Waals surface area (Å²) in [5.41, 5.74) is 3.05. The predicted octanol–water partition coefficient (Wildman–Crippen LogP) is 1.41. The van der Waals surface area contributed by atoms with Crippen molar-refractivity contribution in [2.45, 2.75) is 39.3 Å². The number of para-hydroxylation sites is 1. The number of benzene rings is 1. The number of amides is 3. The number of H-pyrrole nitrogens is 1. The number of hydrogen-bond acceptors (Lipinski definition) is 4. The van der Waals surface area contributed by atoms with Gasteiger partial charge in [-0.25, -0.2) is 5.01 Å². The molecule has 4 rings (SSSR count). The summed E-state index contributed by atoms with van der Waals surface area (Å²) in [5.74, 6) is -0.306. The van der Waals surface area contributed by atoms with Crippen LogP contribution < -0.4 is 5.32 Å². The molecule has 1 aromatic heterocycles. The zero-order valence-corrected chi connectivity index (χ0v) is 16.6. The maximum Gasteiger partial charge on any atom is 0.266 e. The smallest absolute Gasteiger partial charge is 0.266 e. The monoisotopic (exact) mass is 395 g/mol. The number of rotatable bonds is 5. The van der Waals surface area contributed by atoms with Gasteiger partial charge in [-0.1, -0.05) is 32.0 Å². The minimum absolute atomic E-state index is 0.152. The average Bonchev–Trinajstić information content (AvgIpc) is 3.06. The van der Waals surface area contributed by atoms with E-state index in [0.29, 0.717) is 25.4 Å². The number of hydrogen-bond donors (Lipinski definition) is 2. The Morgan fingerprint density at radius 1 is 1.31 bits per heavy atom. The Morgan fingerprint density at radius 3 is 2.90 bits per heavy atom. The molecule has 2 aromatic rings. The largest absolute Gasteiger partial charge is 0.357 e. The molecule has 1 aromatic carbocycles. The van der Waals surface area contributed by atoms with Crippen LogP contribution in [0.1, 0.15) is 31.5 Å². The summed E-state index contributed by atoms with van der Waals surface area (Å²) in [6, 6.07) is 7.34. The lowest BCUT2D eigenvalue weighted by atomic mass is 9.94. The highest BCUT2D eigenvalue weighted by molar-refractivity contribution is 6.26. The maximum atomic E-state index is 13.0. The molecule has 0 aliphatic carbocycles. The van der Waals surface area contributed by atoms with Crippen molar-refractivity contribution in [1.82, 2.24) is 20.2 Å². The number of carbonyl (C=O) groups excluding carboxylic acids is 3. The van der Waals surface area contributed by atoms with Gasteiger partial charge in [0.15, 0.2) is 0 Å². The van der Waals surface area contributed by atoms with Crippen LogP contribution in [-0.4, -0.2) is 58.0 Å². The molecule has 0 saturated carbocycles. The van der Waals surface area contributed by atoms with E-state index in [4.69, 9.17) is 0 Å². The van der Waals surface area contributed by atoms with E-state index < -0.39 is 6.04 Å². The summed E-state index contributed by atoms with van der Waals surface area (Å²) in [5, 5.41) is 8.93. The van der Waals surface area contributed by atoms with Crippen LogP contribution in [0.15, 0.2) is 29.4 Å². The second kappa shape index (κ2) is 7.69. The second-order valence-electron chi connectivity index (χ2n) is 7.98. The van der Waals surface area contributed by atoms with Gasteiger partial charge in [0, 0.05) is 29.6 Å². The van der Waals surface area contributed by atoms with Crippen LogP contribution in [0, 0.1) is 5.92 Å². The van der Waals surface area contributed by atoms with Crippen molar-refractivity contribution in [1.29, 1.82) is 0 Å². The van der Waals surface area contributed by atoms with E-state index in [9.17, 15) is 14.4 Å². The Kier molecular flexibility index (Phi) is 5.08. The molecular formula is C21H25N5O3. The second-order valence-corrected chi connectivity index (χ2v) is 7.98. The molecule has 29 heavy (non-hydrogen) atoms. The zero-order valence-electron chi connectivity index (χ0n) is 16.6. The molecule has 1 saturated heterocycles. The summed E-state index contributed by atoms with van der Waals surface area (Å²) in [6.07, 6.45) is 2.39. The molecular weight excluding hydrogens is 370 g/mol. The van der Waals surface area contributed by atoms with E-state index in [1.165, 1.54) is 0 Å². The third-order valence-corrected chi connectivity index (χ3v) is 5.48. The molecule has 1 atom stereocenters. The van der Waals surface area contributed by atoms with Crippen LogP contribution in [0.2, 0.25) is 0 Å². The lowest BCUT2D eigenvalue weighted by Crippen LogP contribution is -2.60. The number of fused-ring (bicyclic) bond motifs is 4. The normalized spacial score (nSPS) is 19.2. The first kappa shape index (κ1) is 19.2. The Labute approximate surface area is 168 Å². The highest BCUT2D eigenvalue weighted by Gasteiger charge is 2.43. The summed E-state index contributed by atoms with van der Waals surface area (Å²) in [4.78, 5) is 42.5. The third-order valence-electron chi connectivity index (χ3n) is 5.48. The lowest BCUT2D eigenvalue weighted by molar-refractivity contribution is -0.157. The van der Waals surface area contributed by atoms with Crippen molar-refractivity contribution in [3.05, 3.63) is 35.5 Å². The van der Waals surface area contributed by atoms with Crippen molar-refractivity contribution in [2.24, 2.45) is 11.0 Å². The fraction of sp³-hybridized carbons (Fsp3) is 0.429. The Bertz CT molecular complexity index is 993. The number of piperazine rings is 1. The molecule has 2 aliphatic heterocycles. The van der Waals surface area contributed by atoms with Gasteiger partial charge in [0.25, 0.3) is 11.8 Å². The number of hydrazone groups is 1. The molecule has 3 amide bonds. The van der Waals surface area contributed by atoms with Crippen molar-refractivity contribution >= 4 is 34.8 Å². The number of aromatic amines is 1. The number of nitrogens with zero attached hydrogens (tertiary/aromatic N) is 3. The first-order valence-corrected chi connectivity index (χ1v) is 9.95. The van der Waals surface area contributed by atoms with Crippen LogP contribution in [0.25, 0.3) is 10.9 Å². The van der Waals surface area contributed by atoms with E-state index in [1.54, 1.807) is 4.90 Å². The van der Waals surface area contributed by atoms with Gasteiger partial charge in [0.05, 0.1) is 6.54 Å². The van der Waals surface area contributed by atoms with Crippen LogP contribution in [0.5, 0.6) is 0 Å². The van der Waals surface area contributed by atoms with E-state index in [0.717, 1.165) is 39.8 Å². The predicted molar refractivity (Wildman–Crippen MR) is 109 cm³/mol. The number of carbonyl (C=O) groups is 3. The molecule has 0 bridgehead atoms. The molecule has 8 nitrogen and oxygen atoms in total. The third kappa shape index (κ3) is 3.74. The highest BCUT2D eigenvalue weighted by atomic mass is 16.2. The van der Waals surface area contributed by atoms with Gasteiger partial charge in [0.1, 0.15) is 18.8 Å². The summed E-state index contributed by atoms with van der Waals surface area (Å²) < 4.78 is 0. The van der Waals surface area contributed by atoms with Gasteiger partial charge in [-0.15, -0.1) is 0 Å². The van der Waals surface area contributed by atoms with Gasteiger partial charge in [-0.3, -0.25) is 14.4 Å². The van der Waals surface area contributed by atoms with E-state index in [-0.39, 0.29) is 24.3 Å². The van der Waals surface area contributed by atoms with Gasteiger partial charge >= 0.3 is 0 Å². The van der Waals surface area contributed by atoms with Crippen molar-refractivity contribution < 1.29 is 14.4 Å². The first-order chi connectivity index (χ1) is 13.9. The van der Waals surface area contributed by atoms with Crippen LogP contribution >= 0.6 is 0 Å². The minimum Gasteiger partial charge on any atom is -0.357 e. The Balaban J connectivity index is 1.49. The maximum absolute atomic E-state index is 13.0. The van der Waals surface area contributed by atoms with Gasteiger partial charge < -0.3 is 15.2 Å². The molecule has 0 radical (unpaired) electrons. The van der Waals surface area contributed by atoms with E-state index >= 15 is 0 Å². The molecule has 1 fully saturated rings. The molecule has 2 N–H and O–H groups in total. The van der Waals surface area contributed by atoms with Crippen LogP contribution in [-0.2, 0) is 27.3 Å². The standard InChI is InChI=1S/C21H25N5O3/c1-13(2)7-8-22-19(27)10-23-26-12-20(28)25-11-17-15(9-18(25)21(26)29)14-5-3-4-6-16(14)24-17/h3-6,10,13,18,24H,7-9,11-12H2,1-2H3,(H,22,27)/b23-10-/t18-/m1/s1. The lowest BCUT2D eigenvalue weighted by Gasteiger charge is -2.40. The fourth-order valence-corrected chi connectivity index (χ4v) is 3.91. The van der Waals surface area contributed by atoms with E-state index in [2.05, 4.69) is 29.2 Å². The first-order valence-electron chi connectivity index (χ1n) is 9.95. The average molecular weight is 395 g/mol. The van der Waals surface area contributed by atoms with E-state index in [1.807, 2.05) is 24.3 Å². The quantitative estimate of drug-likeness (QED) is 0.749. The molecule has 0 spiro atoms. The van der Waals surface area contributed by atoms with Gasteiger partial charge in [-0.2, -0.15) is 5.10 Å². The van der Waals surface area contributed by atoms with Crippen molar-refractivity contribution in [2.75, 3.05) is 13.1 Å². The molecule has 0 unspecified atom stereocenters. The van der Waals surface area contributed by atoms with Gasteiger partial charge in [0.2, 0.25) is 5.91 Å². The molecule has 2 aliphatic rings. The minimum atomic E-state index is -0.593. The van der Waals surface area contributed by atoms with Crippen LogP contribution in [0.3, 0.4) is 0 Å². The summed E-state index contributed by atoms with van der Waals surface area (Å²) >= 11 is 0. The number of nitrogens with one attached hydrogen (secondary N) is 2. The molecule has 152 valence electrons. The summed E-state index contributed by atoms with van der Waals surface area (Å²) in [7, 11) is 0. The van der Waals surface area contributed by atoms with Crippen molar-refractivity contribution in [3.63, 3.8) is 0 Å².